The Bertz CT molecular complexity index is 1140. The maximum absolute atomic E-state index is 12.1. The zero-order valence-electron chi connectivity index (χ0n) is 13.0. The standard InChI is InChI=1S/C16H12ClN5O2S/c1-24-13-5-4-10-14(21-13)22-16(19-10)25-7-12-18-11-6-8(17)2-3-9(11)15(23)20-12/h2-6H,7H2,1H3,(H,18,20,23)(H,19,21,22). The summed E-state index contributed by atoms with van der Waals surface area (Å²) >= 11 is 7.40. The summed E-state index contributed by atoms with van der Waals surface area (Å²) in [6.07, 6.45) is 0. The number of benzene rings is 1. The average Bonchev–Trinajstić information content (AvgIpc) is 3.01. The Morgan fingerprint density at radius 1 is 1.16 bits per heavy atom. The first-order valence-electron chi connectivity index (χ1n) is 7.34. The fourth-order valence-corrected chi connectivity index (χ4v) is 3.31. The fourth-order valence-electron chi connectivity index (χ4n) is 2.40. The number of fused-ring (bicyclic) bond motifs is 2. The lowest BCUT2D eigenvalue weighted by Gasteiger charge is -2.02. The van der Waals surface area contributed by atoms with Crippen LogP contribution in [0.25, 0.3) is 22.1 Å². The number of nitrogens with zero attached hydrogens (tertiary/aromatic N) is 3. The van der Waals surface area contributed by atoms with Crippen LogP contribution in [0.1, 0.15) is 5.82 Å². The van der Waals surface area contributed by atoms with Crippen molar-refractivity contribution in [1.82, 2.24) is 24.9 Å². The van der Waals surface area contributed by atoms with Gasteiger partial charge in [0.15, 0.2) is 10.8 Å². The molecule has 3 heterocycles. The maximum Gasteiger partial charge on any atom is 0.258 e. The predicted octanol–water partition coefficient (Wildman–Crippen LogP) is 3.15. The van der Waals surface area contributed by atoms with E-state index in [1.54, 1.807) is 31.4 Å². The van der Waals surface area contributed by atoms with Crippen molar-refractivity contribution in [2.24, 2.45) is 0 Å². The van der Waals surface area contributed by atoms with Crippen molar-refractivity contribution in [2.45, 2.75) is 10.9 Å². The van der Waals surface area contributed by atoms with E-state index in [1.165, 1.54) is 11.8 Å². The minimum Gasteiger partial charge on any atom is -0.481 e. The van der Waals surface area contributed by atoms with Gasteiger partial charge < -0.3 is 14.7 Å². The third kappa shape index (κ3) is 3.18. The molecule has 7 nitrogen and oxygen atoms in total. The van der Waals surface area contributed by atoms with E-state index in [2.05, 4.69) is 24.9 Å². The largest absolute Gasteiger partial charge is 0.481 e. The van der Waals surface area contributed by atoms with E-state index in [0.717, 1.165) is 5.52 Å². The number of halogens is 1. The van der Waals surface area contributed by atoms with Gasteiger partial charge in [0.1, 0.15) is 5.82 Å². The van der Waals surface area contributed by atoms with E-state index in [-0.39, 0.29) is 5.56 Å². The summed E-state index contributed by atoms with van der Waals surface area (Å²) in [4.78, 5) is 31.2. The number of imidazole rings is 1. The molecule has 126 valence electrons. The van der Waals surface area contributed by atoms with Gasteiger partial charge in [0.2, 0.25) is 5.88 Å². The van der Waals surface area contributed by atoms with E-state index >= 15 is 0 Å². The van der Waals surface area contributed by atoms with Crippen LogP contribution in [-0.2, 0) is 5.75 Å². The van der Waals surface area contributed by atoms with Gasteiger partial charge in [0, 0.05) is 11.1 Å². The number of hydrogen-bond acceptors (Lipinski definition) is 6. The number of aromatic amines is 2. The molecule has 0 amide bonds. The van der Waals surface area contributed by atoms with Crippen LogP contribution in [0.4, 0.5) is 0 Å². The van der Waals surface area contributed by atoms with Gasteiger partial charge in [-0.15, -0.1) is 0 Å². The minimum absolute atomic E-state index is 0.187. The zero-order chi connectivity index (χ0) is 17.4. The molecule has 4 rings (SSSR count). The SMILES string of the molecule is COc1ccc2[nH]c(SCc3nc4cc(Cl)ccc4c(=O)[nH]3)nc2n1. The highest BCUT2D eigenvalue weighted by Gasteiger charge is 2.09. The summed E-state index contributed by atoms with van der Waals surface area (Å²) < 4.78 is 5.09. The van der Waals surface area contributed by atoms with Crippen LogP contribution in [-0.4, -0.2) is 32.0 Å². The van der Waals surface area contributed by atoms with Crippen LogP contribution in [0.5, 0.6) is 5.88 Å². The molecule has 2 N–H and O–H groups in total. The number of nitrogens with one attached hydrogen (secondary N) is 2. The number of methoxy groups -OCH3 is 1. The van der Waals surface area contributed by atoms with Gasteiger partial charge in [-0.25, -0.2) is 9.97 Å². The Balaban J connectivity index is 1.60. The topological polar surface area (TPSA) is 96.5 Å². The Hall–Kier alpha value is -2.58. The number of rotatable bonds is 4. The van der Waals surface area contributed by atoms with Crippen LogP contribution in [0.3, 0.4) is 0 Å². The summed E-state index contributed by atoms with van der Waals surface area (Å²) in [6.45, 7) is 0. The smallest absolute Gasteiger partial charge is 0.258 e. The van der Waals surface area contributed by atoms with Gasteiger partial charge in [-0.3, -0.25) is 4.79 Å². The normalized spacial score (nSPS) is 11.3. The Labute approximate surface area is 150 Å². The predicted molar refractivity (Wildman–Crippen MR) is 97.4 cm³/mol. The first-order valence-corrected chi connectivity index (χ1v) is 8.71. The third-order valence-electron chi connectivity index (χ3n) is 3.57. The highest BCUT2D eigenvalue weighted by molar-refractivity contribution is 7.98. The second kappa shape index (κ2) is 6.38. The van der Waals surface area contributed by atoms with E-state index in [4.69, 9.17) is 16.3 Å². The van der Waals surface area contributed by atoms with Crippen molar-refractivity contribution in [3.8, 4) is 5.88 Å². The highest BCUT2D eigenvalue weighted by Crippen LogP contribution is 2.23. The molecule has 0 bridgehead atoms. The van der Waals surface area contributed by atoms with E-state index < -0.39 is 0 Å². The minimum atomic E-state index is -0.187. The fraction of sp³-hybridized carbons (Fsp3) is 0.125. The van der Waals surface area contributed by atoms with Gasteiger partial charge >= 0.3 is 0 Å². The molecular weight excluding hydrogens is 362 g/mol. The Kier molecular flexibility index (Phi) is 4.06. The van der Waals surface area contributed by atoms with Gasteiger partial charge in [-0.05, 0) is 24.3 Å². The molecule has 0 radical (unpaired) electrons. The lowest BCUT2D eigenvalue weighted by molar-refractivity contribution is 0.399. The van der Waals surface area contributed by atoms with Crippen LogP contribution in [0.15, 0.2) is 40.3 Å². The molecular formula is C16H12ClN5O2S. The average molecular weight is 374 g/mol. The van der Waals surface area contributed by atoms with Crippen molar-refractivity contribution < 1.29 is 4.74 Å². The number of hydrogen-bond donors (Lipinski definition) is 2. The molecule has 1 aromatic carbocycles. The molecule has 0 aliphatic heterocycles. The molecule has 0 saturated heterocycles. The van der Waals surface area contributed by atoms with Crippen LogP contribution < -0.4 is 10.3 Å². The first-order chi connectivity index (χ1) is 12.1. The maximum atomic E-state index is 12.1. The highest BCUT2D eigenvalue weighted by atomic mass is 35.5. The van der Waals surface area contributed by atoms with Crippen LogP contribution in [0, 0.1) is 0 Å². The monoisotopic (exact) mass is 373 g/mol. The van der Waals surface area contributed by atoms with E-state index in [1.807, 2.05) is 6.07 Å². The molecule has 0 atom stereocenters. The summed E-state index contributed by atoms with van der Waals surface area (Å²) in [7, 11) is 1.56. The Morgan fingerprint density at radius 2 is 2.04 bits per heavy atom. The lowest BCUT2D eigenvalue weighted by atomic mass is 10.2. The molecule has 0 saturated carbocycles. The summed E-state index contributed by atoms with van der Waals surface area (Å²) in [5.74, 6) is 1.51. The molecule has 0 fully saturated rings. The second-order valence-corrected chi connectivity index (χ2v) is 6.63. The van der Waals surface area contributed by atoms with Crippen molar-refractivity contribution >= 4 is 45.4 Å². The molecule has 3 aromatic heterocycles. The van der Waals surface area contributed by atoms with Gasteiger partial charge in [0.05, 0.1) is 29.3 Å². The molecule has 0 spiro atoms. The second-order valence-electron chi connectivity index (χ2n) is 5.23. The summed E-state index contributed by atoms with van der Waals surface area (Å²) in [6, 6.07) is 8.64. The van der Waals surface area contributed by atoms with E-state index in [0.29, 0.717) is 44.2 Å². The molecule has 0 unspecified atom stereocenters. The number of H-pyrrole nitrogens is 2. The molecule has 0 aliphatic carbocycles. The number of ether oxygens (including phenoxy) is 1. The molecule has 4 aromatic rings. The Morgan fingerprint density at radius 3 is 2.88 bits per heavy atom. The number of pyridine rings is 1. The van der Waals surface area contributed by atoms with Crippen LogP contribution >= 0.6 is 23.4 Å². The summed E-state index contributed by atoms with van der Waals surface area (Å²) in [5.41, 5.74) is 1.78. The van der Waals surface area contributed by atoms with Crippen molar-refractivity contribution in [3.63, 3.8) is 0 Å². The van der Waals surface area contributed by atoms with Gasteiger partial charge in [0.25, 0.3) is 5.56 Å². The molecule has 25 heavy (non-hydrogen) atoms. The number of aromatic nitrogens is 5. The molecule has 0 aliphatic rings. The van der Waals surface area contributed by atoms with Gasteiger partial charge in [-0.1, -0.05) is 23.4 Å². The third-order valence-corrected chi connectivity index (χ3v) is 4.69. The lowest BCUT2D eigenvalue weighted by Crippen LogP contribution is -2.11. The zero-order valence-corrected chi connectivity index (χ0v) is 14.6. The van der Waals surface area contributed by atoms with Crippen molar-refractivity contribution in [1.29, 1.82) is 0 Å². The first kappa shape index (κ1) is 15.9. The summed E-state index contributed by atoms with van der Waals surface area (Å²) in [5, 5.41) is 1.74. The quantitative estimate of drug-likeness (QED) is 0.533. The van der Waals surface area contributed by atoms with Crippen LogP contribution in [0.2, 0.25) is 5.02 Å². The van der Waals surface area contributed by atoms with Crippen molar-refractivity contribution in [3.05, 3.63) is 51.5 Å². The number of thioether (sulfide) groups is 1. The van der Waals surface area contributed by atoms with Crippen molar-refractivity contribution in [2.75, 3.05) is 7.11 Å². The van der Waals surface area contributed by atoms with E-state index in [9.17, 15) is 4.79 Å². The van der Waals surface area contributed by atoms with Gasteiger partial charge in [-0.2, -0.15) is 4.98 Å². The molecule has 9 heteroatoms.